The summed E-state index contributed by atoms with van der Waals surface area (Å²) in [6.07, 6.45) is 3.46. The van der Waals surface area contributed by atoms with Gasteiger partial charge in [-0.1, -0.05) is 44.2 Å². The smallest absolute Gasteiger partial charge is 0.328 e. The Morgan fingerprint density at radius 2 is 1.88 bits per heavy atom. The number of benzene rings is 1. The van der Waals surface area contributed by atoms with Gasteiger partial charge in [0, 0.05) is 19.4 Å². The first-order valence-electron chi connectivity index (χ1n) is 8.41. The van der Waals surface area contributed by atoms with Crippen LogP contribution in [0.1, 0.15) is 19.4 Å². The molecule has 0 aliphatic heterocycles. The second-order valence-corrected chi connectivity index (χ2v) is 5.49. The molecule has 134 valence electrons. The lowest BCUT2D eigenvalue weighted by Gasteiger charge is -2.06. The molecule has 8 heteroatoms. The molecular formula is C18H21N7O. The zero-order valence-corrected chi connectivity index (χ0v) is 15.0. The molecule has 4 rings (SSSR count). The van der Waals surface area contributed by atoms with E-state index in [2.05, 4.69) is 19.9 Å². The molecule has 0 fully saturated rings. The number of hydrogen-bond donors (Lipinski definition) is 2. The monoisotopic (exact) mass is 351 g/mol. The van der Waals surface area contributed by atoms with E-state index in [1.807, 2.05) is 51.2 Å². The van der Waals surface area contributed by atoms with Crippen LogP contribution in [0.25, 0.3) is 22.8 Å². The van der Waals surface area contributed by atoms with E-state index in [0.29, 0.717) is 29.4 Å². The van der Waals surface area contributed by atoms with E-state index in [1.165, 1.54) is 0 Å². The van der Waals surface area contributed by atoms with E-state index in [0.717, 1.165) is 5.56 Å². The van der Waals surface area contributed by atoms with Gasteiger partial charge in [-0.25, -0.2) is 19.7 Å². The molecule has 0 spiro atoms. The lowest BCUT2D eigenvalue weighted by atomic mass is 10.2. The van der Waals surface area contributed by atoms with Crippen molar-refractivity contribution in [2.45, 2.75) is 20.4 Å². The molecular weight excluding hydrogens is 330 g/mol. The Kier molecular flexibility index (Phi) is 4.83. The zero-order chi connectivity index (χ0) is 18.7. The van der Waals surface area contributed by atoms with E-state index in [4.69, 9.17) is 5.73 Å². The van der Waals surface area contributed by atoms with Gasteiger partial charge in [-0.15, -0.1) is 0 Å². The van der Waals surface area contributed by atoms with Crippen molar-refractivity contribution < 1.29 is 0 Å². The Hall–Kier alpha value is -3.42. The third kappa shape index (κ3) is 3.08. The Morgan fingerprint density at radius 1 is 1.15 bits per heavy atom. The van der Waals surface area contributed by atoms with Gasteiger partial charge in [-0.3, -0.25) is 4.57 Å². The average molecular weight is 351 g/mol. The summed E-state index contributed by atoms with van der Waals surface area (Å²) in [5.74, 6) is 1.19. The number of aromatic nitrogens is 6. The number of nitrogens with two attached hydrogens (primary N) is 1. The van der Waals surface area contributed by atoms with Crippen molar-refractivity contribution in [2.75, 3.05) is 5.73 Å². The maximum atomic E-state index is 12.3. The van der Waals surface area contributed by atoms with Crippen molar-refractivity contribution in [1.29, 1.82) is 0 Å². The summed E-state index contributed by atoms with van der Waals surface area (Å²) in [4.78, 5) is 28.1. The predicted molar refractivity (Wildman–Crippen MR) is 102 cm³/mol. The Morgan fingerprint density at radius 3 is 2.54 bits per heavy atom. The lowest BCUT2D eigenvalue weighted by Crippen LogP contribution is -2.17. The predicted octanol–water partition coefficient (Wildman–Crippen LogP) is 2.18. The van der Waals surface area contributed by atoms with Crippen LogP contribution in [-0.4, -0.2) is 29.1 Å². The fourth-order valence-electron chi connectivity index (χ4n) is 2.65. The van der Waals surface area contributed by atoms with Crippen LogP contribution in [0.5, 0.6) is 0 Å². The zero-order valence-electron chi connectivity index (χ0n) is 15.0. The molecule has 3 N–H and O–H groups in total. The molecule has 0 saturated carbocycles. The minimum Gasteiger partial charge on any atom is -0.382 e. The fraction of sp³-hybridized carbons (Fsp3) is 0.222. The van der Waals surface area contributed by atoms with E-state index >= 15 is 0 Å². The van der Waals surface area contributed by atoms with Gasteiger partial charge in [-0.2, -0.15) is 0 Å². The molecule has 0 aliphatic rings. The molecule has 26 heavy (non-hydrogen) atoms. The molecule has 8 nitrogen and oxygen atoms in total. The number of nitrogens with one attached hydrogen (secondary N) is 1. The summed E-state index contributed by atoms with van der Waals surface area (Å²) < 4.78 is 3.35. The molecule has 3 heterocycles. The van der Waals surface area contributed by atoms with E-state index in [1.54, 1.807) is 21.5 Å². The number of fused-ring (bicyclic) bond motifs is 1. The maximum Gasteiger partial charge on any atom is 0.328 e. The first kappa shape index (κ1) is 17.4. The van der Waals surface area contributed by atoms with Gasteiger partial charge in [0.25, 0.3) is 0 Å². The normalized spacial score (nSPS) is 10.6. The molecule has 3 aromatic heterocycles. The van der Waals surface area contributed by atoms with Crippen LogP contribution in [0.2, 0.25) is 0 Å². The van der Waals surface area contributed by atoms with Crippen molar-refractivity contribution in [3.05, 3.63) is 58.8 Å². The number of H-pyrrole nitrogens is 1. The molecule has 4 aromatic rings. The minimum atomic E-state index is -0.271. The van der Waals surface area contributed by atoms with Crippen LogP contribution in [-0.2, 0) is 13.6 Å². The number of hydrogen-bond acceptors (Lipinski definition) is 5. The third-order valence-electron chi connectivity index (χ3n) is 3.86. The van der Waals surface area contributed by atoms with Gasteiger partial charge in [0.2, 0.25) is 0 Å². The number of imidazole rings is 2. The highest BCUT2D eigenvalue weighted by atomic mass is 16.1. The van der Waals surface area contributed by atoms with Gasteiger partial charge in [-0.05, 0) is 5.56 Å². The van der Waals surface area contributed by atoms with E-state index in [9.17, 15) is 4.79 Å². The molecule has 0 unspecified atom stereocenters. The van der Waals surface area contributed by atoms with Crippen molar-refractivity contribution in [3.63, 3.8) is 0 Å². The molecule has 0 bridgehead atoms. The van der Waals surface area contributed by atoms with Crippen molar-refractivity contribution in [1.82, 2.24) is 29.1 Å². The second kappa shape index (κ2) is 7.22. The molecule has 0 radical (unpaired) electrons. The van der Waals surface area contributed by atoms with Gasteiger partial charge in [0.05, 0.1) is 6.54 Å². The van der Waals surface area contributed by atoms with Crippen molar-refractivity contribution >= 4 is 17.0 Å². The highest BCUT2D eigenvalue weighted by Crippen LogP contribution is 2.20. The number of aryl methyl sites for hydroxylation is 1. The van der Waals surface area contributed by atoms with E-state index < -0.39 is 0 Å². The quantitative estimate of drug-likeness (QED) is 0.588. The minimum absolute atomic E-state index is 0.224. The first-order chi connectivity index (χ1) is 12.6. The third-order valence-corrected chi connectivity index (χ3v) is 3.86. The number of aromatic amines is 1. The van der Waals surface area contributed by atoms with Gasteiger partial charge < -0.3 is 15.3 Å². The van der Waals surface area contributed by atoms with Crippen LogP contribution in [0.15, 0.2) is 47.5 Å². The number of nitrogen functional groups attached to an aromatic ring is 1. The van der Waals surface area contributed by atoms with E-state index in [-0.39, 0.29) is 11.5 Å². The highest BCUT2D eigenvalue weighted by molar-refractivity contribution is 5.83. The molecule has 0 saturated heterocycles. The van der Waals surface area contributed by atoms with Crippen LogP contribution in [0.3, 0.4) is 0 Å². The summed E-state index contributed by atoms with van der Waals surface area (Å²) in [5.41, 5.74) is 7.65. The summed E-state index contributed by atoms with van der Waals surface area (Å²) in [6, 6.07) is 9.70. The summed E-state index contributed by atoms with van der Waals surface area (Å²) >= 11 is 0. The number of nitrogens with zero attached hydrogens (tertiary/aromatic N) is 5. The van der Waals surface area contributed by atoms with Crippen LogP contribution >= 0.6 is 0 Å². The van der Waals surface area contributed by atoms with Crippen LogP contribution < -0.4 is 11.4 Å². The van der Waals surface area contributed by atoms with Crippen LogP contribution in [0.4, 0.5) is 5.82 Å². The maximum absolute atomic E-state index is 12.3. The van der Waals surface area contributed by atoms with Gasteiger partial charge >= 0.3 is 5.69 Å². The van der Waals surface area contributed by atoms with Gasteiger partial charge in [0.1, 0.15) is 5.52 Å². The second-order valence-electron chi connectivity index (χ2n) is 5.49. The SMILES string of the molecule is CC.Cn1ccnc1-c1nc(N)c2[nH]c(=O)n(Cc3ccccc3)c2n1. The largest absolute Gasteiger partial charge is 0.382 e. The Labute approximate surface area is 150 Å². The average Bonchev–Trinajstić information content (AvgIpc) is 3.22. The first-order valence-corrected chi connectivity index (χ1v) is 8.41. The topological polar surface area (TPSA) is 107 Å². The van der Waals surface area contributed by atoms with Crippen LogP contribution in [0, 0.1) is 0 Å². The molecule has 0 amide bonds. The standard InChI is InChI=1S/C16H15N7O.C2H6/c1-22-8-7-18-15(22)13-20-12(17)11-14(21-13)23(16(24)19-11)9-10-5-3-2-4-6-10;1-2/h2-8H,9H2,1H3,(H,19,24)(H2,17,20,21);1-2H3. The Bertz CT molecular complexity index is 1080. The summed E-state index contributed by atoms with van der Waals surface area (Å²) in [6.45, 7) is 4.40. The van der Waals surface area contributed by atoms with Crippen molar-refractivity contribution in [3.8, 4) is 11.6 Å². The number of anilines is 1. The van der Waals surface area contributed by atoms with Crippen molar-refractivity contribution in [2.24, 2.45) is 7.05 Å². The fourth-order valence-corrected chi connectivity index (χ4v) is 2.65. The summed E-state index contributed by atoms with van der Waals surface area (Å²) in [5, 5.41) is 0. The molecule has 0 aliphatic carbocycles. The Balaban J connectivity index is 0.000000948. The molecule has 0 atom stereocenters. The highest BCUT2D eigenvalue weighted by Gasteiger charge is 2.16. The number of rotatable bonds is 3. The summed E-state index contributed by atoms with van der Waals surface area (Å²) in [7, 11) is 1.85. The van der Waals surface area contributed by atoms with Gasteiger partial charge in [0.15, 0.2) is 23.1 Å². The lowest BCUT2D eigenvalue weighted by molar-refractivity contribution is 0.777. The molecule has 1 aromatic carbocycles.